The largest absolute Gasteiger partial charge is 0.369 e. The molecule has 1 aromatic carbocycles. The summed E-state index contributed by atoms with van der Waals surface area (Å²) in [5.74, 6) is 0.107. The molecule has 1 aliphatic carbocycles. The number of benzene rings is 1. The van der Waals surface area contributed by atoms with Gasteiger partial charge in [0.2, 0.25) is 5.91 Å². The molecule has 0 unspecified atom stereocenters. The molecule has 3 rings (SSSR count). The minimum atomic E-state index is -3.03. The Morgan fingerprint density at radius 1 is 1.15 bits per heavy atom. The van der Waals surface area contributed by atoms with Gasteiger partial charge in [0, 0.05) is 57.1 Å². The number of para-hydroxylation sites is 1. The Morgan fingerprint density at radius 3 is 2.33 bits per heavy atom. The molecule has 1 saturated heterocycles. The fourth-order valence-electron chi connectivity index (χ4n) is 3.96. The van der Waals surface area contributed by atoms with E-state index in [-0.39, 0.29) is 23.1 Å². The molecule has 1 saturated carbocycles. The predicted molar refractivity (Wildman–Crippen MR) is 109 cm³/mol. The van der Waals surface area contributed by atoms with Crippen molar-refractivity contribution in [1.29, 1.82) is 0 Å². The number of amides is 1. The van der Waals surface area contributed by atoms with E-state index in [0.717, 1.165) is 39.0 Å². The van der Waals surface area contributed by atoms with Crippen molar-refractivity contribution in [3.05, 3.63) is 30.3 Å². The standard InChI is InChI=1S/C20H31N3O3S/c1-17(15-21-19(24)14-20(8-9-20)16-27(2,25)26)22-10-12-23(13-11-22)18-6-4-3-5-7-18/h3-7,17H,8-16H2,1-2H3,(H,21,24)/t17-/m0/s1. The molecule has 0 aromatic heterocycles. The van der Waals surface area contributed by atoms with Gasteiger partial charge in [0.05, 0.1) is 5.75 Å². The lowest BCUT2D eigenvalue weighted by atomic mass is 10.1. The van der Waals surface area contributed by atoms with Gasteiger partial charge in [-0.15, -0.1) is 0 Å². The van der Waals surface area contributed by atoms with Gasteiger partial charge in [0.15, 0.2) is 0 Å². The number of carbonyl (C=O) groups excluding carboxylic acids is 1. The number of nitrogens with zero attached hydrogens (tertiary/aromatic N) is 2. The van der Waals surface area contributed by atoms with Gasteiger partial charge in [-0.1, -0.05) is 18.2 Å². The van der Waals surface area contributed by atoms with Crippen molar-refractivity contribution < 1.29 is 13.2 Å². The first-order valence-corrected chi connectivity index (χ1v) is 11.8. The van der Waals surface area contributed by atoms with Crippen LogP contribution in [0.4, 0.5) is 5.69 Å². The van der Waals surface area contributed by atoms with Crippen LogP contribution in [0.2, 0.25) is 0 Å². The molecule has 2 aliphatic rings. The summed E-state index contributed by atoms with van der Waals surface area (Å²) in [6.07, 6.45) is 3.26. The molecule has 0 radical (unpaired) electrons. The summed E-state index contributed by atoms with van der Waals surface area (Å²) in [7, 11) is -3.03. The monoisotopic (exact) mass is 393 g/mol. The molecular weight excluding hydrogens is 362 g/mol. The summed E-state index contributed by atoms with van der Waals surface area (Å²) in [4.78, 5) is 17.1. The highest BCUT2D eigenvalue weighted by Gasteiger charge is 2.46. The first-order valence-electron chi connectivity index (χ1n) is 9.75. The number of rotatable bonds is 8. The second-order valence-corrected chi connectivity index (χ2v) is 10.4. The Balaban J connectivity index is 1.40. The number of anilines is 1. The van der Waals surface area contributed by atoms with Gasteiger partial charge in [0.25, 0.3) is 0 Å². The van der Waals surface area contributed by atoms with E-state index in [2.05, 4.69) is 46.3 Å². The quantitative estimate of drug-likeness (QED) is 0.725. The smallest absolute Gasteiger partial charge is 0.220 e. The normalized spacial score (nSPS) is 20.9. The average Bonchev–Trinajstić information content (AvgIpc) is 3.37. The topological polar surface area (TPSA) is 69.7 Å². The number of piperazine rings is 1. The Morgan fingerprint density at radius 2 is 1.78 bits per heavy atom. The molecule has 1 atom stereocenters. The van der Waals surface area contributed by atoms with Crippen LogP contribution in [-0.4, -0.2) is 70.0 Å². The second-order valence-electron chi connectivity index (χ2n) is 8.26. The minimum Gasteiger partial charge on any atom is -0.369 e. The van der Waals surface area contributed by atoms with E-state index in [9.17, 15) is 13.2 Å². The second kappa shape index (κ2) is 8.19. The molecule has 2 fully saturated rings. The molecule has 0 bridgehead atoms. The van der Waals surface area contributed by atoms with Crippen molar-refractivity contribution in [3.8, 4) is 0 Å². The molecule has 1 aliphatic heterocycles. The molecule has 150 valence electrons. The van der Waals surface area contributed by atoms with Crippen LogP contribution in [0, 0.1) is 5.41 Å². The predicted octanol–water partition coefficient (Wildman–Crippen LogP) is 1.53. The molecular formula is C20H31N3O3S. The van der Waals surface area contributed by atoms with Crippen LogP contribution in [0.3, 0.4) is 0 Å². The highest BCUT2D eigenvalue weighted by molar-refractivity contribution is 7.90. The third-order valence-corrected chi connectivity index (χ3v) is 6.85. The van der Waals surface area contributed by atoms with E-state index in [1.165, 1.54) is 11.9 Å². The number of sulfone groups is 1. The van der Waals surface area contributed by atoms with Crippen LogP contribution in [0.25, 0.3) is 0 Å². The van der Waals surface area contributed by atoms with Crippen molar-refractivity contribution >= 4 is 21.4 Å². The van der Waals surface area contributed by atoms with E-state index >= 15 is 0 Å². The number of nitrogens with one attached hydrogen (secondary N) is 1. The first-order chi connectivity index (χ1) is 12.8. The van der Waals surface area contributed by atoms with Gasteiger partial charge in [-0.3, -0.25) is 9.69 Å². The lowest BCUT2D eigenvalue weighted by molar-refractivity contribution is -0.122. The number of hydrogen-bond acceptors (Lipinski definition) is 5. The number of carbonyl (C=O) groups is 1. The fourth-order valence-corrected chi connectivity index (χ4v) is 5.46. The zero-order chi connectivity index (χ0) is 19.5. The molecule has 0 spiro atoms. The summed E-state index contributed by atoms with van der Waals surface area (Å²) >= 11 is 0. The molecule has 6 nitrogen and oxygen atoms in total. The van der Waals surface area contributed by atoms with Crippen molar-refractivity contribution in [2.75, 3.05) is 49.6 Å². The maximum Gasteiger partial charge on any atom is 0.220 e. The van der Waals surface area contributed by atoms with Gasteiger partial charge in [-0.05, 0) is 37.3 Å². The maximum atomic E-state index is 12.3. The minimum absolute atomic E-state index is 0.0223. The third-order valence-electron chi connectivity index (χ3n) is 5.71. The number of hydrogen-bond donors (Lipinski definition) is 1. The zero-order valence-electron chi connectivity index (χ0n) is 16.4. The molecule has 27 heavy (non-hydrogen) atoms. The van der Waals surface area contributed by atoms with Crippen molar-refractivity contribution in [1.82, 2.24) is 10.2 Å². The molecule has 7 heteroatoms. The molecule has 1 N–H and O–H groups in total. The van der Waals surface area contributed by atoms with Crippen molar-refractivity contribution in [3.63, 3.8) is 0 Å². The van der Waals surface area contributed by atoms with Crippen LogP contribution in [0.5, 0.6) is 0 Å². The van der Waals surface area contributed by atoms with E-state index in [0.29, 0.717) is 13.0 Å². The summed E-state index contributed by atoms with van der Waals surface area (Å²) in [6, 6.07) is 10.7. The molecule has 1 aromatic rings. The summed E-state index contributed by atoms with van der Waals surface area (Å²) in [6.45, 7) is 6.68. The lowest BCUT2D eigenvalue weighted by Crippen LogP contribution is -2.52. The Labute approximate surface area is 162 Å². The third kappa shape index (κ3) is 5.94. The van der Waals surface area contributed by atoms with Gasteiger partial charge < -0.3 is 10.2 Å². The zero-order valence-corrected chi connectivity index (χ0v) is 17.2. The Kier molecular flexibility index (Phi) is 6.11. The van der Waals surface area contributed by atoms with E-state index in [1.54, 1.807) is 0 Å². The highest BCUT2D eigenvalue weighted by atomic mass is 32.2. The summed E-state index contributed by atoms with van der Waals surface area (Å²) < 4.78 is 23.1. The summed E-state index contributed by atoms with van der Waals surface area (Å²) in [5.41, 5.74) is 0.959. The van der Waals surface area contributed by atoms with Crippen LogP contribution in [-0.2, 0) is 14.6 Å². The van der Waals surface area contributed by atoms with Gasteiger partial charge in [-0.2, -0.15) is 0 Å². The molecule has 1 amide bonds. The maximum absolute atomic E-state index is 12.3. The fraction of sp³-hybridized carbons (Fsp3) is 0.650. The van der Waals surface area contributed by atoms with Crippen LogP contribution in [0.15, 0.2) is 30.3 Å². The average molecular weight is 394 g/mol. The molecule has 1 heterocycles. The van der Waals surface area contributed by atoms with Crippen molar-refractivity contribution in [2.45, 2.75) is 32.2 Å². The van der Waals surface area contributed by atoms with Crippen LogP contribution >= 0.6 is 0 Å². The Hall–Kier alpha value is -1.60. The van der Waals surface area contributed by atoms with Gasteiger partial charge >= 0.3 is 0 Å². The van der Waals surface area contributed by atoms with Crippen LogP contribution < -0.4 is 10.2 Å². The SMILES string of the molecule is C[C@@H](CNC(=O)CC1(CS(C)(=O)=O)CC1)N1CCN(c2ccccc2)CC1. The van der Waals surface area contributed by atoms with Crippen molar-refractivity contribution in [2.24, 2.45) is 5.41 Å². The summed E-state index contributed by atoms with van der Waals surface area (Å²) in [5, 5.41) is 3.02. The van der Waals surface area contributed by atoms with Crippen LogP contribution in [0.1, 0.15) is 26.2 Å². The van der Waals surface area contributed by atoms with E-state index in [1.807, 2.05) is 6.07 Å². The van der Waals surface area contributed by atoms with Gasteiger partial charge in [-0.25, -0.2) is 8.42 Å². The first kappa shape index (κ1) is 20.1. The lowest BCUT2D eigenvalue weighted by Gasteiger charge is -2.39. The Bertz CT molecular complexity index is 739. The highest BCUT2D eigenvalue weighted by Crippen LogP contribution is 2.49. The van der Waals surface area contributed by atoms with E-state index < -0.39 is 9.84 Å². The van der Waals surface area contributed by atoms with E-state index in [4.69, 9.17) is 0 Å². The van der Waals surface area contributed by atoms with Gasteiger partial charge in [0.1, 0.15) is 9.84 Å².